The van der Waals surface area contributed by atoms with Crippen molar-refractivity contribution < 1.29 is 19.1 Å². The van der Waals surface area contributed by atoms with E-state index in [1.54, 1.807) is 23.1 Å². The number of nitrogens with one attached hydrogen (secondary N) is 2. The predicted octanol–water partition coefficient (Wildman–Crippen LogP) is 1.30. The smallest absolute Gasteiger partial charge is 0.307 e. The van der Waals surface area contributed by atoms with Crippen LogP contribution in [0.15, 0.2) is 18.2 Å². The van der Waals surface area contributed by atoms with Crippen molar-refractivity contribution in [1.29, 1.82) is 0 Å². The molecule has 1 aliphatic heterocycles. The normalized spacial score (nSPS) is 18.0. The molecule has 0 bridgehead atoms. The Labute approximate surface area is 149 Å². The maximum atomic E-state index is 12.2. The molecule has 2 rings (SSSR count). The summed E-state index contributed by atoms with van der Waals surface area (Å²) in [7, 11) is 1.25. The van der Waals surface area contributed by atoms with Crippen LogP contribution in [0.5, 0.6) is 0 Å². The van der Waals surface area contributed by atoms with Gasteiger partial charge in [-0.25, -0.2) is 0 Å². The molecule has 24 heavy (non-hydrogen) atoms. The average Bonchev–Trinajstić information content (AvgIpc) is 2.49. The Morgan fingerprint density at radius 1 is 1.33 bits per heavy atom. The van der Waals surface area contributed by atoms with Crippen molar-refractivity contribution in [3.63, 3.8) is 0 Å². The molecule has 9 heteroatoms. The van der Waals surface area contributed by atoms with Crippen LogP contribution in [0.3, 0.4) is 0 Å². The minimum absolute atomic E-state index is 0.0424. The Bertz CT molecular complexity index is 633. The van der Waals surface area contributed by atoms with Gasteiger partial charge in [-0.1, -0.05) is 23.2 Å². The van der Waals surface area contributed by atoms with Crippen LogP contribution in [0, 0.1) is 0 Å². The van der Waals surface area contributed by atoms with Crippen molar-refractivity contribution in [2.24, 2.45) is 0 Å². The van der Waals surface area contributed by atoms with Crippen LogP contribution < -0.4 is 10.6 Å². The standard InChI is InChI=1S/C15H17Cl2N3O4/c1-24-14(22)7-12-15(23)18-2-3-20(12)8-13(21)19-11-5-9(16)4-10(17)6-11/h4-6,12H,2-3,7-8H2,1H3,(H,18,23)(H,19,21)/t12-/m1/s1. The molecule has 2 amide bonds. The second-order valence-corrected chi connectivity index (χ2v) is 6.14. The summed E-state index contributed by atoms with van der Waals surface area (Å²) in [6, 6.07) is 3.96. The lowest BCUT2D eigenvalue weighted by atomic mass is 10.1. The third-order valence-corrected chi connectivity index (χ3v) is 3.96. The summed E-state index contributed by atoms with van der Waals surface area (Å²) in [4.78, 5) is 37.3. The predicted molar refractivity (Wildman–Crippen MR) is 90.1 cm³/mol. The summed E-state index contributed by atoms with van der Waals surface area (Å²) in [5.41, 5.74) is 0.462. The van der Waals surface area contributed by atoms with Crippen molar-refractivity contribution in [2.75, 3.05) is 32.1 Å². The summed E-state index contributed by atoms with van der Waals surface area (Å²) in [6.07, 6.45) is -0.112. The van der Waals surface area contributed by atoms with Gasteiger partial charge in [0.1, 0.15) is 6.04 Å². The summed E-state index contributed by atoms with van der Waals surface area (Å²) in [5, 5.41) is 6.15. The molecule has 1 atom stereocenters. The minimum Gasteiger partial charge on any atom is -0.469 e. The Kier molecular flexibility index (Phi) is 6.42. The molecule has 1 aromatic carbocycles. The zero-order chi connectivity index (χ0) is 17.7. The van der Waals surface area contributed by atoms with Gasteiger partial charge in [-0.05, 0) is 18.2 Å². The van der Waals surface area contributed by atoms with Gasteiger partial charge in [0.15, 0.2) is 0 Å². The zero-order valence-electron chi connectivity index (χ0n) is 13.0. The monoisotopic (exact) mass is 373 g/mol. The number of anilines is 1. The molecule has 0 saturated carbocycles. The number of halogens is 2. The van der Waals surface area contributed by atoms with Crippen molar-refractivity contribution in [1.82, 2.24) is 10.2 Å². The van der Waals surface area contributed by atoms with Gasteiger partial charge in [0.25, 0.3) is 0 Å². The highest BCUT2D eigenvalue weighted by Gasteiger charge is 2.33. The molecular weight excluding hydrogens is 357 g/mol. The molecule has 7 nitrogen and oxygen atoms in total. The highest BCUT2D eigenvalue weighted by Crippen LogP contribution is 2.22. The molecule has 130 valence electrons. The number of rotatable bonds is 5. The third kappa shape index (κ3) is 5.09. The fourth-order valence-electron chi connectivity index (χ4n) is 2.43. The van der Waals surface area contributed by atoms with Gasteiger partial charge in [0.2, 0.25) is 11.8 Å². The SMILES string of the molecule is COC(=O)C[C@@H]1C(=O)NCCN1CC(=O)Nc1cc(Cl)cc(Cl)c1. The highest BCUT2D eigenvalue weighted by molar-refractivity contribution is 6.35. The van der Waals surface area contributed by atoms with Gasteiger partial charge < -0.3 is 15.4 Å². The Hall–Kier alpha value is -1.83. The van der Waals surface area contributed by atoms with Crippen LogP contribution in [0.2, 0.25) is 10.0 Å². The van der Waals surface area contributed by atoms with Gasteiger partial charge in [-0.3, -0.25) is 19.3 Å². The summed E-state index contributed by atoms with van der Waals surface area (Å²) < 4.78 is 4.60. The van der Waals surface area contributed by atoms with Crippen LogP contribution in [0.25, 0.3) is 0 Å². The topological polar surface area (TPSA) is 87.7 Å². The summed E-state index contributed by atoms with van der Waals surface area (Å²) >= 11 is 11.8. The summed E-state index contributed by atoms with van der Waals surface area (Å²) in [6.45, 7) is 0.823. The van der Waals surface area contributed by atoms with Gasteiger partial charge >= 0.3 is 5.97 Å². The van der Waals surface area contributed by atoms with Crippen molar-refractivity contribution in [3.8, 4) is 0 Å². The second kappa shape index (κ2) is 8.32. The first-order chi connectivity index (χ1) is 11.4. The fraction of sp³-hybridized carbons (Fsp3) is 0.400. The lowest BCUT2D eigenvalue weighted by Gasteiger charge is -2.33. The van der Waals surface area contributed by atoms with Gasteiger partial charge in [-0.2, -0.15) is 0 Å². The lowest BCUT2D eigenvalue weighted by molar-refractivity contribution is -0.146. The maximum Gasteiger partial charge on any atom is 0.307 e. The molecule has 0 aromatic heterocycles. The van der Waals surface area contributed by atoms with E-state index in [-0.39, 0.29) is 24.8 Å². The number of benzene rings is 1. The van der Waals surface area contributed by atoms with Gasteiger partial charge in [-0.15, -0.1) is 0 Å². The molecule has 0 unspecified atom stereocenters. The lowest BCUT2D eigenvalue weighted by Crippen LogP contribution is -2.57. The molecule has 0 radical (unpaired) electrons. The zero-order valence-corrected chi connectivity index (χ0v) is 14.5. The molecule has 0 aliphatic carbocycles. The van der Waals surface area contributed by atoms with E-state index in [2.05, 4.69) is 15.4 Å². The van der Waals surface area contributed by atoms with E-state index in [4.69, 9.17) is 23.2 Å². The molecule has 0 spiro atoms. The molecule has 1 aromatic rings. The third-order valence-electron chi connectivity index (χ3n) is 3.52. The van der Waals surface area contributed by atoms with Crippen LogP contribution in [-0.2, 0) is 19.1 Å². The van der Waals surface area contributed by atoms with Gasteiger partial charge in [0, 0.05) is 28.8 Å². The number of amides is 2. The molecule has 1 saturated heterocycles. The van der Waals surface area contributed by atoms with Crippen molar-refractivity contribution in [3.05, 3.63) is 28.2 Å². The first-order valence-electron chi connectivity index (χ1n) is 7.23. The van der Waals surface area contributed by atoms with E-state index >= 15 is 0 Å². The van der Waals surface area contributed by atoms with Crippen molar-refractivity contribution >= 4 is 46.7 Å². The Morgan fingerprint density at radius 2 is 2.00 bits per heavy atom. The summed E-state index contributed by atoms with van der Waals surface area (Å²) in [5.74, 6) is -1.15. The number of piperazine rings is 1. The number of methoxy groups -OCH3 is 1. The van der Waals surface area contributed by atoms with E-state index in [1.165, 1.54) is 7.11 Å². The largest absolute Gasteiger partial charge is 0.469 e. The number of ether oxygens (including phenoxy) is 1. The van der Waals surface area contributed by atoms with E-state index in [0.29, 0.717) is 28.8 Å². The van der Waals surface area contributed by atoms with E-state index in [1.807, 2.05) is 0 Å². The Balaban J connectivity index is 2.02. The Morgan fingerprint density at radius 3 is 2.62 bits per heavy atom. The number of carbonyl (C=O) groups excluding carboxylic acids is 3. The molecule has 1 fully saturated rings. The van der Waals surface area contributed by atoms with E-state index < -0.39 is 12.0 Å². The van der Waals surface area contributed by atoms with E-state index in [0.717, 1.165) is 0 Å². The molecule has 2 N–H and O–H groups in total. The quantitative estimate of drug-likeness (QED) is 0.759. The number of nitrogens with zero attached hydrogens (tertiary/aromatic N) is 1. The number of hydrogen-bond donors (Lipinski definition) is 2. The molecule has 1 heterocycles. The first-order valence-corrected chi connectivity index (χ1v) is 7.99. The van der Waals surface area contributed by atoms with Gasteiger partial charge in [0.05, 0.1) is 20.1 Å². The van der Waals surface area contributed by atoms with Crippen LogP contribution in [0.1, 0.15) is 6.42 Å². The minimum atomic E-state index is -0.736. The van der Waals surface area contributed by atoms with Crippen LogP contribution in [0.4, 0.5) is 5.69 Å². The van der Waals surface area contributed by atoms with E-state index in [9.17, 15) is 14.4 Å². The van der Waals surface area contributed by atoms with Crippen molar-refractivity contribution in [2.45, 2.75) is 12.5 Å². The average molecular weight is 374 g/mol. The highest BCUT2D eigenvalue weighted by atomic mass is 35.5. The first kappa shape index (κ1) is 18.5. The number of hydrogen-bond acceptors (Lipinski definition) is 5. The number of esters is 1. The van der Waals surface area contributed by atoms with Crippen LogP contribution in [-0.4, -0.2) is 55.5 Å². The number of carbonyl (C=O) groups is 3. The molecular formula is C15H17Cl2N3O4. The fourth-order valence-corrected chi connectivity index (χ4v) is 2.95. The maximum absolute atomic E-state index is 12.2. The molecule has 1 aliphatic rings. The second-order valence-electron chi connectivity index (χ2n) is 5.26. The van der Waals surface area contributed by atoms with Crippen LogP contribution >= 0.6 is 23.2 Å².